The lowest BCUT2D eigenvalue weighted by Gasteiger charge is -2.36. The van der Waals surface area contributed by atoms with Crippen molar-refractivity contribution in [3.8, 4) is 0 Å². The second-order valence-electron chi connectivity index (χ2n) is 5.79. The number of ether oxygens (including phenoxy) is 4. The van der Waals surface area contributed by atoms with Gasteiger partial charge in [-0.3, -0.25) is 4.90 Å². The summed E-state index contributed by atoms with van der Waals surface area (Å²) in [7, 11) is 0. The molecule has 0 aliphatic carbocycles. The molecule has 6 nitrogen and oxygen atoms in total. The van der Waals surface area contributed by atoms with Crippen LogP contribution in [0.2, 0.25) is 0 Å². The summed E-state index contributed by atoms with van der Waals surface area (Å²) in [5, 5.41) is 3.46. The Kier molecular flexibility index (Phi) is 5.64. The Labute approximate surface area is 120 Å². The lowest BCUT2D eigenvalue weighted by atomic mass is 10.1. The summed E-state index contributed by atoms with van der Waals surface area (Å²) in [6, 6.07) is 0.410. The van der Waals surface area contributed by atoms with Gasteiger partial charge in [0.25, 0.3) is 0 Å². The zero-order valence-corrected chi connectivity index (χ0v) is 12.1. The molecule has 0 aromatic rings. The summed E-state index contributed by atoms with van der Waals surface area (Å²) in [6.07, 6.45) is 1.39. The van der Waals surface area contributed by atoms with Crippen molar-refractivity contribution >= 4 is 0 Å². The van der Waals surface area contributed by atoms with Gasteiger partial charge in [-0.1, -0.05) is 0 Å². The summed E-state index contributed by atoms with van der Waals surface area (Å²) in [5.74, 6) is 0. The predicted molar refractivity (Wildman–Crippen MR) is 74.0 cm³/mol. The van der Waals surface area contributed by atoms with Crippen LogP contribution >= 0.6 is 0 Å². The van der Waals surface area contributed by atoms with Gasteiger partial charge in [0.1, 0.15) is 0 Å². The summed E-state index contributed by atoms with van der Waals surface area (Å²) >= 11 is 0. The molecule has 0 aromatic carbocycles. The fraction of sp³-hybridized carbons (Fsp3) is 1.00. The summed E-state index contributed by atoms with van der Waals surface area (Å²) < 4.78 is 22.7. The molecule has 3 atom stereocenters. The largest absolute Gasteiger partial charge is 0.379 e. The first-order chi connectivity index (χ1) is 9.90. The van der Waals surface area contributed by atoms with E-state index in [1.807, 2.05) is 0 Å². The molecule has 3 aliphatic rings. The van der Waals surface area contributed by atoms with Crippen molar-refractivity contribution in [2.24, 2.45) is 0 Å². The van der Waals surface area contributed by atoms with Crippen LogP contribution in [0.4, 0.5) is 0 Å². The zero-order valence-electron chi connectivity index (χ0n) is 12.1. The Bertz CT molecular complexity index is 244. The van der Waals surface area contributed by atoms with E-state index in [0.29, 0.717) is 19.3 Å². The first-order valence-electron chi connectivity index (χ1n) is 7.74. The van der Waals surface area contributed by atoms with Crippen LogP contribution in [0.5, 0.6) is 0 Å². The molecule has 0 spiro atoms. The van der Waals surface area contributed by atoms with Gasteiger partial charge in [0.2, 0.25) is 0 Å². The molecule has 0 radical (unpaired) electrons. The van der Waals surface area contributed by atoms with Gasteiger partial charge in [0.15, 0.2) is 0 Å². The Morgan fingerprint density at radius 3 is 2.40 bits per heavy atom. The monoisotopic (exact) mass is 286 g/mol. The molecule has 0 aromatic heterocycles. The third-order valence-corrected chi connectivity index (χ3v) is 4.15. The third-order valence-electron chi connectivity index (χ3n) is 4.15. The van der Waals surface area contributed by atoms with Crippen molar-refractivity contribution in [1.82, 2.24) is 10.2 Å². The second kappa shape index (κ2) is 7.68. The lowest BCUT2D eigenvalue weighted by molar-refractivity contribution is -0.148. The number of rotatable bonds is 4. The molecule has 0 unspecified atom stereocenters. The highest BCUT2D eigenvalue weighted by atomic mass is 16.6. The number of nitrogens with zero attached hydrogens (tertiary/aromatic N) is 1. The number of nitrogens with one attached hydrogen (secondary N) is 1. The van der Waals surface area contributed by atoms with E-state index in [1.54, 1.807) is 0 Å². The molecule has 6 heteroatoms. The maximum absolute atomic E-state index is 5.96. The zero-order chi connectivity index (χ0) is 13.6. The van der Waals surface area contributed by atoms with E-state index < -0.39 is 0 Å². The molecule has 0 amide bonds. The third kappa shape index (κ3) is 4.38. The molecule has 3 heterocycles. The van der Waals surface area contributed by atoms with E-state index in [9.17, 15) is 0 Å². The van der Waals surface area contributed by atoms with E-state index >= 15 is 0 Å². The molecule has 3 fully saturated rings. The van der Waals surface area contributed by atoms with Crippen LogP contribution in [-0.4, -0.2) is 89.0 Å². The molecule has 3 saturated heterocycles. The van der Waals surface area contributed by atoms with Crippen LogP contribution in [0.25, 0.3) is 0 Å². The van der Waals surface area contributed by atoms with Crippen molar-refractivity contribution in [1.29, 1.82) is 0 Å². The van der Waals surface area contributed by atoms with Gasteiger partial charge in [0, 0.05) is 32.2 Å². The highest BCUT2D eigenvalue weighted by Crippen LogP contribution is 2.14. The number of morpholine rings is 2. The standard InChI is InChI=1S/C14H26N2O4/c1-4-18-9-12(15-1)7-13-10-20-14(11-19-13)8-16-2-5-17-6-3-16/h12-15H,1-11H2/t12-,13-,14+/m0/s1. The number of hydrogen-bond acceptors (Lipinski definition) is 6. The predicted octanol–water partition coefficient (Wildman–Crippen LogP) is -0.519. The molecule has 0 bridgehead atoms. The fourth-order valence-corrected chi connectivity index (χ4v) is 2.98. The van der Waals surface area contributed by atoms with Crippen molar-refractivity contribution < 1.29 is 18.9 Å². The van der Waals surface area contributed by atoms with Gasteiger partial charge >= 0.3 is 0 Å². The molecule has 3 rings (SSSR count). The Hall–Kier alpha value is -0.240. The van der Waals surface area contributed by atoms with Crippen LogP contribution < -0.4 is 5.32 Å². The summed E-state index contributed by atoms with van der Waals surface area (Å²) in [5.41, 5.74) is 0. The van der Waals surface area contributed by atoms with Crippen LogP contribution in [-0.2, 0) is 18.9 Å². The van der Waals surface area contributed by atoms with Gasteiger partial charge in [0.05, 0.1) is 51.8 Å². The lowest BCUT2D eigenvalue weighted by Crippen LogP contribution is -2.49. The first-order valence-corrected chi connectivity index (χ1v) is 7.74. The van der Waals surface area contributed by atoms with Crippen molar-refractivity contribution in [2.45, 2.75) is 24.7 Å². The minimum atomic E-state index is 0.204. The van der Waals surface area contributed by atoms with E-state index in [0.717, 1.165) is 59.0 Å². The van der Waals surface area contributed by atoms with Crippen molar-refractivity contribution in [3.63, 3.8) is 0 Å². The normalized spacial score (nSPS) is 36.9. The second-order valence-corrected chi connectivity index (χ2v) is 5.79. The Balaban J connectivity index is 1.33. The molecule has 20 heavy (non-hydrogen) atoms. The van der Waals surface area contributed by atoms with E-state index in [2.05, 4.69) is 10.2 Å². The molecular formula is C14H26N2O4. The van der Waals surface area contributed by atoms with Crippen molar-refractivity contribution in [2.75, 3.05) is 65.8 Å². The minimum absolute atomic E-state index is 0.204. The molecule has 116 valence electrons. The van der Waals surface area contributed by atoms with Gasteiger partial charge in [-0.15, -0.1) is 0 Å². The summed E-state index contributed by atoms with van der Waals surface area (Å²) in [4.78, 5) is 2.40. The topological polar surface area (TPSA) is 52.2 Å². The highest BCUT2D eigenvalue weighted by molar-refractivity contribution is 4.78. The molecule has 0 saturated carbocycles. The fourth-order valence-electron chi connectivity index (χ4n) is 2.98. The SMILES string of the molecule is C1COC[C@H](C[C@H]2CO[C@H](CN3CCOCC3)CO2)N1. The van der Waals surface area contributed by atoms with E-state index in [1.165, 1.54) is 0 Å². The smallest absolute Gasteiger partial charge is 0.0936 e. The van der Waals surface area contributed by atoms with Gasteiger partial charge in [-0.05, 0) is 6.42 Å². The van der Waals surface area contributed by atoms with Gasteiger partial charge in [-0.2, -0.15) is 0 Å². The van der Waals surface area contributed by atoms with Crippen LogP contribution in [0.1, 0.15) is 6.42 Å². The number of hydrogen-bond donors (Lipinski definition) is 1. The average Bonchev–Trinajstić information content (AvgIpc) is 2.51. The maximum Gasteiger partial charge on any atom is 0.0936 e. The van der Waals surface area contributed by atoms with Crippen molar-refractivity contribution in [3.05, 3.63) is 0 Å². The molecular weight excluding hydrogens is 260 g/mol. The summed E-state index contributed by atoms with van der Waals surface area (Å²) in [6.45, 7) is 8.60. The van der Waals surface area contributed by atoms with E-state index in [-0.39, 0.29) is 12.2 Å². The Morgan fingerprint density at radius 1 is 0.900 bits per heavy atom. The highest BCUT2D eigenvalue weighted by Gasteiger charge is 2.27. The Morgan fingerprint density at radius 2 is 1.70 bits per heavy atom. The van der Waals surface area contributed by atoms with Gasteiger partial charge in [-0.25, -0.2) is 0 Å². The minimum Gasteiger partial charge on any atom is -0.379 e. The van der Waals surface area contributed by atoms with Crippen LogP contribution in [0.15, 0.2) is 0 Å². The molecule has 3 aliphatic heterocycles. The van der Waals surface area contributed by atoms with Gasteiger partial charge < -0.3 is 24.3 Å². The van der Waals surface area contributed by atoms with E-state index in [4.69, 9.17) is 18.9 Å². The maximum atomic E-state index is 5.96. The first kappa shape index (κ1) is 14.7. The van der Waals surface area contributed by atoms with Crippen LogP contribution in [0, 0.1) is 0 Å². The quantitative estimate of drug-likeness (QED) is 0.751. The van der Waals surface area contributed by atoms with Crippen LogP contribution in [0.3, 0.4) is 0 Å². The molecule has 1 N–H and O–H groups in total. The average molecular weight is 286 g/mol.